The summed E-state index contributed by atoms with van der Waals surface area (Å²) in [7, 11) is 4.01. The highest BCUT2D eigenvalue weighted by Gasteiger charge is 2.04. The van der Waals surface area contributed by atoms with E-state index in [-0.39, 0.29) is 0 Å². The van der Waals surface area contributed by atoms with Crippen molar-refractivity contribution in [2.45, 2.75) is 0 Å². The predicted molar refractivity (Wildman–Crippen MR) is 78.5 cm³/mol. The Kier molecular flexibility index (Phi) is 8.94. The van der Waals surface area contributed by atoms with Crippen molar-refractivity contribution in [2.24, 2.45) is 0 Å². The van der Waals surface area contributed by atoms with E-state index < -0.39 is 11.9 Å². The van der Waals surface area contributed by atoms with Crippen LogP contribution in [-0.2, 0) is 9.59 Å². The summed E-state index contributed by atoms with van der Waals surface area (Å²) < 4.78 is 6.47. The van der Waals surface area contributed by atoms with E-state index in [4.69, 9.17) is 36.1 Å². The van der Waals surface area contributed by atoms with E-state index in [1.807, 2.05) is 32.3 Å². The number of hydrogen-bond donors (Lipinski definition) is 2. The van der Waals surface area contributed by atoms with E-state index in [0.717, 1.165) is 16.8 Å². The molecule has 0 heterocycles. The van der Waals surface area contributed by atoms with Gasteiger partial charge in [-0.25, -0.2) is 9.59 Å². The maximum absolute atomic E-state index is 9.10. The molecule has 6 nitrogen and oxygen atoms in total. The van der Waals surface area contributed by atoms with Gasteiger partial charge in [0, 0.05) is 11.0 Å². The monoisotopic (exact) mass is 367 g/mol. The zero-order valence-electron chi connectivity index (χ0n) is 11.0. The molecule has 0 aromatic heterocycles. The molecular formula is C12H15BrClNO5. The summed E-state index contributed by atoms with van der Waals surface area (Å²) >= 11 is 9.32. The normalized spacial score (nSPS) is 9.65. The van der Waals surface area contributed by atoms with Crippen LogP contribution >= 0.6 is 27.5 Å². The van der Waals surface area contributed by atoms with E-state index in [1.165, 1.54) is 0 Å². The predicted octanol–water partition coefficient (Wildman–Crippen LogP) is 2.20. The van der Waals surface area contributed by atoms with Gasteiger partial charge in [-0.1, -0.05) is 27.5 Å². The Bertz CT molecular complexity index is 455. The van der Waals surface area contributed by atoms with Crippen LogP contribution in [0.3, 0.4) is 0 Å². The van der Waals surface area contributed by atoms with E-state index >= 15 is 0 Å². The van der Waals surface area contributed by atoms with Gasteiger partial charge in [-0.3, -0.25) is 0 Å². The highest BCUT2D eigenvalue weighted by atomic mass is 79.9. The molecule has 0 saturated heterocycles. The molecule has 0 bridgehead atoms. The van der Waals surface area contributed by atoms with Crippen LogP contribution in [0.1, 0.15) is 0 Å². The van der Waals surface area contributed by atoms with Gasteiger partial charge in [-0.2, -0.15) is 0 Å². The second-order valence-electron chi connectivity index (χ2n) is 3.84. The Morgan fingerprint density at radius 3 is 2.25 bits per heavy atom. The van der Waals surface area contributed by atoms with Crippen molar-refractivity contribution >= 4 is 39.5 Å². The molecule has 0 aliphatic heterocycles. The lowest BCUT2D eigenvalue weighted by Gasteiger charge is -2.11. The Labute approximate surface area is 130 Å². The number of nitrogens with zero attached hydrogens (tertiary/aromatic N) is 1. The smallest absolute Gasteiger partial charge is 0.414 e. The number of ether oxygens (including phenoxy) is 1. The van der Waals surface area contributed by atoms with Crippen LogP contribution in [0.5, 0.6) is 5.75 Å². The molecule has 8 heteroatoms. The van der Waals surface area contributed by atoms with Crippen molar-refractivity contribution in [1.29, 1.82) is 0 Å². The van der Waals surface area contributed by atoms with Gasteiger partial charge in [0.05, 0.1) is 5.02 Å². The molecule has 0 fully saturated rings. The number of rotatable bonds is 4. The van der Waals surface area contributed by atoms with Crippen LogP contribution in [0.4, 0.5) is 0 Å². The van der Waals surface area contributed by atoms with Crippen molar-refractivity contribution in [3.05, 3.63) is 27.7 Å². The molecule has 1 rings (SSSR count). The third-order valence-electron chi connectivity index (χ3n) is 1.87. The number of likely N-dealkylation sites (N-methyl/N-ethyl adjacent to an activating group) is 1. The Balaban J connectivity index is 0.000000511. The second-order valence-corrected chi connectivity index (χ2v) is 5.16. The summed E-state index contributed by atoms with van der Waals surface area (Å²) in [4.78, 5) is 20.3. The minimum Gasteiger partial charge on any atom is -0.491 e. The van der Waals surface area contributed by atoms with E-state index in [0.29, 0.717) is 11.6 Å². The molecule has 0 radical (unpaired) electrons. The van der Waals surface area contributed by atoms with E-state index in [9.17, 15) is 0 Å². The van der Waals surface area contributed by atoms with Gasteiger partial charge in [0.1, 0.15) is 12.4 Å². The third kappa shape index (κ3) is 8.73. The van der Waals surface area contributed by atoms with Crippen molar-refractivity contribution in [3.63, 3.8) is 0 Å². The van der Waals surface area contributed by atoms with Crippen molar-refractivity contribution in [3.8, 4) is 5.75 Å². The average Bonchev–Trinajstić information content (AvgIpc) is 2.32. The molecular weight excluding hydrogens is 353 g/mol. The van der Waals surface area contributed by atoms with Crippen LogP contribution in [0.25, 0.3) is 0 Å². The first-order chi connectivity index (χ1) is 9.23. The topological polar surface area (TPSA) is 87.1 Å². The maximum atomic E-state index is 9.10. The molecule has 0 aliphatic rings. The standard InChI is InChI=1S/C10H13BrClNO.C2H2O4/c1-13(2)5-6-14-10-4-3-8(11)7-9(10)12;3-1(4)2(5)6/h3-4,7H,5-6H2,1-2H3;(H,3,4)(H,5,6). The molecule has 0 spiro atoms. The summed E-state index contributed by atoms with van der Waals surface area (Å²) in [6, 6.07) is 5.60. The van der Waals surface area contributed by atoms with Gasteiger partial charge in [0.2, 0.25) is 0 Å². The fraction of sp³-hybridized carbons (Fsp3) is 0.333. The molecule has 0 unspecified atom stereocenters. The number of halogens is 2. The van der Waals surface area contributed by atoms with E-state index in [2.05, 4.69) is 20.8 Å². The summed E-state index contributed by atoms with van der Waals surface area (Å²) in [6.07, 6.45) is 0. The van der Waals surface area contributed by atoms with Gasteiger partial charge in [0.15, 0.2) is 0 Å². The van der Waals surface area contributed by atoms with Gasteiger partial charge in [-0.15, -0.1) is 0 Å². The molecule has 0 atom stereocenters. The largest absolute Gasteiger partial charge is 0.491 e. The van der Waals surface area contributed by atoms with E-state index in [1.54, 1.807) is 0 Å². The number of aliphatic carboxylic acids is 2. The summed E-state index contributed by atoms with van der Waals surface area (Å²) in [5.74, 6) is -2.92. The van der Waals surface area contributed by atoms with Crippen molar-refractivity contribution < 1.29 is 24.5 Å². The summed E-state index contributed by atoms with van der Waals surface area (Å²) in [5.41, 5.74) is 0. The Morgan fingerprint density at radius 1 is 1.30 bits per heavy atom. The van der Waals surface area contributed by atoms with Crippen LogP contribution in [0.15, 0.2) is 22.7 Å². The van der Waals surface area contributed by atoms with Crippen LogP contribution in [0.2, 0.25) is 5.02 Å². The Hall–Kier alpha value is -1.31. The fourth-order valence-corrected chi connectivity index (χ4v) is 1.66. The van der Waals surface area contributed by atoms with Crippen LogP contribution in [-0.4, -0.2) is 54.3 Å². The highest BCUT2D eigenvalue weighted by molar-refractivity contribution is 9.10. The van der Waals surface area contributed by atoms with Crippen molar-refractivity contribution in [2.75, 3.05) is 27.2 Å². The molecule has 2 N–H and O–H groups in total. The fourth-order valence-electron chi connectivity index (χ4n) is 0.930. The first-order valence-electron chi connectivity index (χ1n) is 5.42. The van der Waals surface area contributed by atoms with Crippen molar-refractivity contribution in [1.82, 2.24) is 4.90 Å². The molecule has 0 saturated carbocycles. The molecule has 1 aromatic carbocycles. The zero-order chi connectivity index (χ0) is 15.7. The quantitative estimate of drug-likeness (QED) is 0.792. The Morgan fingerprint density at radius 2 is 1.85 bits per heavy atom. The minimum absolute atomic E-state index is 0.637. The molecule has 1 aromatic rings. The van der Waals surface area contributed by atoms with Gasteiger partial charge in [0.25, 0.3) is 0 Å². The highest BCUT2D eigenvalue weighted by Crippen LogP contribution is 2.27. The number of carboxylic acids is 2. The van der Waals surface area contributed by atoms with Crippen LogP contribution in [0, 0.1) is 0 Å². The van der Waals surface area contributed by atoms with Gasteiger partial charge >= 0.3 is 11.9 Å². The second kappa shape index (κ2) is 9.57. The molecule has 0 amide bonds. The lowest BCUT2D eigenvalue weighted by atomic mass is 10.3. The van der Waals surface area contributed by atoms with Gasteiger partial charge in [-0.05, 0) is 32.3 Å². The molecule has 112 valence electrons. The first-order valence-corrected chi connectivity index (χ1v) is 6.60. The minimum atomic E-state index is -1.82. The van der Waals surface area contributed by atoms with Gasteiger partial charge < -0.3 is 19.8 Å². The molecule has 0 aliphatic carbocycles. The summed E-state index contributed by atoms with van der Waals surface area (Å²) in [5, 5.41) is 15.4. The zero-order valence-corrected chi connectivity index (χ0v) is 13.3. The number of carbonyl (C=O) groups is 2. The first kappa shape index (κ1) is 18.7. The lowest BCUT2D eigenvalue weighted by Crippen LogP contribution is -2.19. The molecule has 20 heavy (non-hydrogen) atoms. The lowest BCUT2D eigenvalue weighted by molar-refractivity contribution is -0.159. The maximum Gasteiger partial charge on any atom is 0.414 e. The average molecular weight is 369 g/mol. The third-order valence-corrected chi connectivity index (χ3v) is 2.66. The number of carboxylic acid groups (broad SMARTS) is 2. The number of hydrogen-bond acceptors (Lipinski definition) is 4. The summed E-state index contributed by atoms with van der Waals surface area (Å²) in [6.45, 7) is 1.53. The number of benzene rings is 1. The SMILES string of the molecule is CN(C)CCOc1ccc(Br)cc1Cl.O=C(O)C(=O)O. The van der Waals surface area contributed by atoms with Crippen LogP contribution < -0.4 is 4.74 Å².